The smallest absolute Gasteiger partial charge is 0.149 e. The Kier molecular flexibility index (Phi) is 1.90. The molecule has 0 radical (unpaired) electrons. The Morgan fingerprint density at radius 2 is 2.50 bits per heavy atom. The van der Waals surface area contributed by atoms with Gasteiger partial charge in [0.05, 0.1) is 11.8 Å². The minimum Gasteiger partial charge on any atom is -0.298 e. The molecule has 0 aromatic carbocycles. The number of alkyl halides is 1. The van der Waals surface area contributed by atoms with E-state index in [0.717, 1.165) is 0 Å². The summed E-state index contributed by atoms with van der Waals surface area (Å²) in [5, 5.41) is 3.85. The van der Waals surface area contributed by atoms with Crippen LogP contribution in [0.4, 0.5) is 4.39 Å². The van der Waals surface area contributed by atoms with Crippen molar-refractivity contribution in [2.75, 3.05) is 0 Å². The Labute approximate surface area is 81.1 Å². The van der Waals surface area contributed by atoms with Crippen molar-refractivity contribution in [3.63, 3.8) is 0 Å². The molecule has 0 aliphatic heterocycles. The molecule has 76 valence electrons. The van der Waals surface area contributed by atoms with E-state index in [9.17, 15) is 9.18 Å². The lowest BCUT2D eigenvalue weighted by molar-refractivity contribution is -0.123. The summed E-state index contributed by atoms with van der Waals surface area (Å²) in [4.78, 5) is 15.6. The third-order valence-electron chi connectivity index (χ3n) is 2.90. The van der Waals surface area contributed by atoms with Gasteiger partial charge in [-0.25, -0.2) is 9.37 Å². The summed E-state index contributed by atoms with van der Waals surface area (Å²) in [6.45, 7) is 1.66. The zero-order valence-corrected chi connectivity index (χ0v) is 8.20. The van der Waals surface area contributed by atoms with Gasteiger partial charge in [0.15, 0.2) is 0 Å². The maximum Gasteiger partial charge on any atom is 0.149 e. The van der Waals surface area contributed by atoms with Crippen LogP contribution in [0.1, 0.15) is 19.2 Å². The molecule has 2 unspecified atom stereocenters. The van der Waals surface area contributed by atoms with Crippen LogP contribution in [-0.4, -0.2) is 26.7 Å². The van der Waals surface area contributed by atoms with E-state index in [2.05, 4.69) is 10.1 Å². The molecule has 1 heterocycles. The lowest BCUT2D eigenvalue weighted by Crippen LogP contribution is -2.19. The van der Waals surface area contributed by atoms with E-state index < -0.39 is 11.6 Å². The SMILES string of the molecule is Cn1ncnc1CC(=O)C1(C)CC1F. The average molecular weight is 197 g/mol. The van der Waals surface area contributed by atoms with Gasteiger partial charge in [-0.1, -0.05) is 0 Å². The summed E-state index contributed by atoms with van der Waals surface area (Å²) >= 11 is 0. The number of halogens is 1. The maximum absolute atomic E-state index is 12.9. The maximum atomic E-state index is 12.9. The summed E-state index contributed by atoms with van der Waals surface area (Å²) in [6, 6.07) is 0. The van der Waals surface area contributed by atoms with Crippen LogP contribution < -0.4 is 0 Å². The largest absolute Gasteiger partial charge is 0.298 e. The van der Waals surface area contributed by atoms with Gasteiger partial charge in [0.25, 0.3) is 0 Å². The van der Waals surface area contributed by atoms with Gasteiger partial charge >= 0.3 is 0 Å². The zero-order valence-electron chi connectivity index (χ0n) is 8.20. The number of aryl methyl sites for hydroxylation is 1. The van der Waals surface area contributed by atoms with Crippen molar-refractivity contribution in [2.45, 2.75) is 25.9 Å². The molecule has 1 aliphatic carbocycles. The first kappa shape index (κ1) is 9.30. The highest BCUT2D eigenvalue weighted by atomic mass is 19.1. The second-order valence-corrected chi connectivity index (χ2v) is 3.99. The van der Waals surface area contributed by atoms with Crippen molar-refractivity contribution in [3.8, 4) is 0 Å². The summed E-state index contributed by atoms with van der Waals surface area (Å²) in [6.07, 6.45) is 0.949. The van der Waals surface area contributed by atoms with Gasteiger partial charge in [0.2, 0.25) is 0 Å². The quantitative estimate of drug-likeness (QED) is 0.715. The van der Waals surface area contributed by atoms with Crippen LogP contribution in [0.25, 0.3) is 0 Å². The third kappa shape index (κ3) is 1.32. The number of carbonyl (C=O) groups excluding carboxylic acids is 1. The number of hydrogen-bond donors (Lipinski definition) is 0. The van der Waals surface area contributed by atoms with E-state index in [1.807, 2.05) is 0 Å². The van der Waals surface area contributed by atoms with Crippen molar-refractivity contribution in [2.24, 2.45) is 12.5 Å². The van der Waals surface area contributed by atoms with Crippen LogP contribution in [0.3, 0.4) is 0 Å². The number of aromatic nitrogens is 3. The van der Waals surface area contributed by atoms with Crippen LogP contribution in [0, 0.1) is 5.41 Å². The molecular formula is C9H12FN3O. The summed E-state index contributed by atoms with van der Waals surface area (Å²) in [7, 11) is 1.72. The number of Topliss-reactive ketones (excluding diaryl/α,β-unsaturated/α-hetero) is 1. The first-order chi connectivity index (χ1) is 6.54. The van der Waals surface area contributed by atoms with E-state index in [1.165, 1.54) is 11.0 Å². The molecule has 1 saturated carbocycles. The van der Waals surface area contributed by atoms with Gasteiger partial charge < -0.3 is 0 Å². The van der Waals surface area contributed by atoms with Crippen molar-refractivity contribution < 1.29 is 9.18 Å². The second-order valence-electron chi connectivity index (χ2n) is 3.99. The molecule has 0 bridgehead atoms. The van der Waals surface area contributed by atoms with Crippen LogP contribution in [0.5, 0.6) is 0 Å². The van der Waals surface area contributed by atoms with Crippen molar-refractivity contribution in [3.05, 3.63) is 12.2 Å². The molecule has 4 nitrogen and oxygen atoms in total. The van der Waals surface area contributed by atoms with Gasteiger partial charge in [-0.2, -0.15) is 5.10 Å². The van der Waals surface area contributed by atoms with Gasteiger partial charge in [0, 0.05) is 7.05 Å². The predicted octanol–water partition coefficient (Wildman–Crippen LogP) is 0.675. The average Bonchev–Trinajstić information content (AvgIpc) is 2.55. The fourth-order valence-corrected chi connectivity index (χ4v) is 1.43. The summed E-state index contributed by atoms with van der Waals surface area (Å²) < 4.78 is 14.4. The topological polar surface area (TPSA) is 47.8 Å². The van der Waals surface area contributed by atoms with Crippen molar-refractivity contribution in [1.29, 1.82) is 0 Å². The highest BCUT2D eigenvalue weighted by Gasteiger charge is 2.56. The van der Waals surface area contributed by atoms with Crippen LogP contribution in [-0.2, 0) is 18.3 Å². The fourth-order valence-electron chi connectivity index (χ4n) is 1.43. The lowest BCUT2D eigenvalue weighted by Gasteiger charge is -2.05. The Balaban J connectivity index is 2.06. The summed E-state index contributed by atoms with van der Waals surface area (Å²) in [5.74, 6) is 0.511. The molecule has 0 saturated heterocycles. The zero-order chi connectivity index (χ0) is 10.3. The monoisotopic (exact) mass is 197 g/mol. The Morgan fingerprint density at radius 3 is 2.93 bits per heavy atom. The van der Waals surface area contributed by atoms with E-state index in [4.69, 9.17) is 0 Å². The molecule has 1 fully saturated rings. The van der Waals surface area contributed by atoms with Gasteiger partial charge in [-0.15, -0.1) is 0 Å². The normalized spacial score (nSPS) is 30.4. The molecule has 0 amide bonds. The van der Waals surface area contributed by atoms with E-state index >= 15 is 0 Å². The van der Waals surface area contributed by atoms with Crippen LogP contribution >= 0.6 is 0 Å². The van der Waals surface area contributed by atoms with E-state index in [1.54, 1.807) is 14.0 Å². The summed E-state index contributed by atoms with van der Waals surface area (Å²) in [5.41, 5.74) is -0.758. The van der Waals surface area contributed by atoms with E-state index in [0.29, 0.717) is 12.2 Å². The minimum absolute atomic E-state index is 0.0823. The Bertz CT molecular complexity index is 376. The first-order valence-electron chi connectivity index (χ1n) is 4.54. The van der Waals surface area contributed by atoms with E-state index in [-0.39, 0.29) is 12.2 Å². The Hall–Kier alpha value is -1.26. The second kappa shape index (κ2) is 2.87. The fraction of sp³-hybridized carbons (Fsp3) is 0.667. The Morgan fingerprint density at radius 1 is 1.86 bits per heavy atom. The van der Waals surface area contributed by atoms with Crippen LogP contribution in [0.15, 0.2) is 6.33 Å². The van der Waals surface area contributed by atoms with Crippen molar-refractivity contribution >= 4 is 5.78 Å². The standard InChI is InChI=1S/C9H12FN3O/c1-9(4-6(9)10)7(14)3-8-11-5-12-13(8)2/h5-6H,3-4H2,1-2H3. The van der Waals surface area contributed by atoms with Gasteiger partial charge in [-0.05, 0) is 13.3 Å². The number of hydrogen-bond acceptors (Lipinski definition) is 3. The van der Waals surface area contributed by atoms with Crippen molar-refractivity contribution in [1.82, 2.24) is 14.8 Å². The van der Waals surface area contributed by atoms with Gasteiger partial charge in [0.1, 0.15) is 24.1 Å². The highest BCUT2D eigenvalue weighted by Crippen LogP contribution is 2.49. The third-order valence-corrected chi connectivity index (χ3v) is 2.90. The van der Waals surface area contributed by atoms with Crippen LogP contribution in [0.2, 0.25) is 0 Å². The predicted molar refractivity (Wildman–Crippen MR) is 47.3 cm³/mol. The highest BCUT2D eigenvalue weighted by molar-refractivity contribution is 5.89. The minimum atomic E-state index is -0.969. The number of carbonyl (C=O) groups is 1. The molecule has 0 spiro atoms. The lowest BCUT2D eigenvalue weighted by atomic mass is 10.0. The molecule has 2 rings (SSSR count). The molecule has 1 aliphatic rings. The molecule has 5 heteroatoms. The molecule has 2 atom stereocenters. The molecule has 1 aromatic rings. The van der Waals surface area contributed by atoms with Gasteiger partial charge in [-0.3, -0.25) is 9.48 Å². The first-order valence-corrected chi connectivity index (χ1v) is 4.54. The molecule has 14 heavy (non-hydrogen) atoms. The molecular weight excluding hydrogens is 185 g/mol. The number of rotatable bonds is 3. The molecule has 0 N–H and O–H groups in total. The molecule has 1 aromatic heterocycles. The number of ketones is 1. The number of nitrogens with zero attached hydrogens (tertiary/aromatic N) is 3.